The number of nitriles is 1. The molecule has 0 spiro atoms. The molecule has 1 aromatic carbocycles. The summed E-state index contributed by atoms with van der Waals surface area (Å²) in [5.74, 6) is -0.653. The monoisotopic (exact) mass is 390 g/mol. The zero-order valence-electron chi connectivity index (χ0n) is 12.3. The number of nitrogens with zero attached hydrogens (tertiary/aromatic N) is 1. The molecule has 1 aromatic heterocycles. The van der Waals surface area contributed by atoms with Crippen molar-refractivity contribution < 1.29 is 9.47 Å². The molecule has 0 saturated heterocycles. The van der Waals surface area contributed by atoms with Crippen LogP contribution in [-0.4, -0.2) is 17.1 Å². The van der Waals surface area contributed by atoms with Crippen LogP contribution in [0.25, 0.3) is 0 Å². The smallest absolute Gasteiger partial charge is 0.328 e. The van der Waals surface area contributed by atoms with Gasteiger partial charge in [-0.1, -0.05) is 15.9 Å². The van der Waals surface area contributed by atoms with Crippen LogP contribution in [0.1, 0.15) is 17.0 Å². The van der Waals surface area contributed by atoms with Gasteiger partial charge in [-0.2, -0.15) is 5.26 Å². The van der Waals surface area contributed by atoms with Crippen molar-refractivity contribution >= 4 is 15.9 Å². The number of halogens is 1. The lowest BCUT2D eigenvalue weighted by Crippen LogP contribution is -2.33. The Kier molecular flexibility index (Phi) is 3.91. The number of hydrogen-bond donors (Lipinski definition) is 3. The second-order valence-corrected chi connectivity index (χ2v) is 5.88. The van der Waals surface area contributed by atoms with E-state index in [-0.39, 0.29) is 22.9 Å². The molecule has 0 aliphatic carbocycles. The molecular formula is C15H11BrN4O4. The van der Waals surface area contributed by atoms with E-state index in [9.17, 15) is 14.9 Å². The number of benzene rings is 1. The summed E-state index contributed by atoms with van der Waals surface area (Å²) >= 11 is 3.36. The predicted molar refractivity (Wildman–Crippen MR) is 87.7 cm³/mol. The molecule has 4 N–H and O–H groups in total. The van der Waals surface area contributed by atoms with Crippen LogP contribution in [0.15, 0.2) is 43.7 Å². The van der Waals surface area contributed by atoms with Gasteiger partial charge in [0.05, 0.1) is 18.6 Å². The minimum absolute atomic E-state index is 0.0523. The number of rotatable bonds is 2. The Balaban J connectivity index is 2.39. The molecule has 8 nitrogen and oxygen atoms in total. The Bertz CT molecular complexity index is 1020. The zero-order valence-corrected chi connectivity index (χ0v) is 13.9. The Hall–Kier alpha value is -2.99. The average Bonchev–Trinajstić information content (AvgIpc) is 2.53. The normalized spacial score (nSPS) is 16.1. The SMILES string of the molecule is COc1ccc(Br)cc1[C@H]1C(C#N)=C(N)Oc2[nH]c(=O)[nH]c(=O)c21. The molecule has 0 fully saturated rings. The highest BCUT2D eigenvalue weighted by Crippen LogP contribution is 2.42. The first-order valence-electron chi connectivity index (χ1n) is 6.73. The van der Waals surface area contributed by atoms with Gasteiger partial charge >= 0.3 is 5.69 Å². The van der Waals surface area contributed by atoms with Gasteiger partial charge in [0.15, 0.2) is 0 Å². The van der Waals surface area contributed by atoms with Crippen LogP contribution >= 0.6 is 15.9 Å². The van der Waals surface area contributed by atoms with Crippen molar-refractivity contribution in [3.05, 3.63) is 66.1 Å². The van der Waals surface area contributed by atoms with Crippen molar-refractivity contribution in [1.82, 2.24) is 9.97 Å². The van der Waals surface area contributed by atoms with E-state index in [2.05, 4.69) is 25.9 Å². The summed E-state index contributed by atoms with van der Waals surface area (Å²) in [5, 5.41) is 9.49. The van der Waals surface area contributed by atoms with Gasteiger partial charge in [-0.3, -0.25) is 14.8 Å². The van der Waals surface area contributed by atoms with E-state index in [4.69, 9.17) is 15.2 Å². The van der Waals surface area contributed by atoms with Gasteiger partial charge in [0, 0.05) is 10.0 Å². The number of methoxy groups -OCH3 is 1. The Morgan fingerprint density at radius 1 is 1.38 bits per heavy atom. The van der Waals surface area contributed by atoms with Gasteiger partial charge < -0.3 is 15.2 Å². The largest absolute Gasteiger partial charge is 0.496 e. The number of ether oxygens (including phenoxy) is 2. The summed E-state index contributed by atoms with van der Waals surface area (Å²) in [6, 6.07) is 7.14. The van der Waals surface area contributed by atoms with Crippen LogP contribution < -0.4 is 26.5 Å². The fourth-order valence-corrected chi connectivity index (χ4v) is 3.01. The van der Waals surface area contributed by atoms with E-state index >= 15 is 0 Å². The molecule has 9 heteroatoms. The number of allylic oxidation sites excluding steroid dienone is 1. The molecule has 1 aliphatic heterocycles. The molecule has 122 valence electrons. The van der Waals surface area contributed by atoms with Gasteiger partial charge in [-0.15, -0.1) is 0 Å². The van der Waals surface area contributed by atoms with Gasteiger partial charge in [0.1, 0.15) is 17.4 Å². The molecule has 24 heavy (non-hydrogen) atoms. The quantitative estimate of drug-likeness (QED) is 0.701. The van der Waals surface area contributed by atoms with Gasteiger partial charge in [-0.05, 0) is 18.2 Å². The number of hydrogen-bond acceptors (Lipinski definition) is 6. The van der Waals surface area contributed by atoms with Crippen LogP contribution in [0.3, 0.4) is 0 Å². The summed E-state index contributed by atoms with van der Waals surface area (Å²) in [7, 11) is 1.48. The van der Waals surface area contributed by atoms with Crippen LogP contribution in [0.5, 0.6) is 11.6 Å². The van der Waals surface area contributed by atoms with Gasteiger partial charge in [0.25, 0.3) is 5.56 Å². The predicted octanol–water partition coefficient (Wildman–Crippen LogP) is 1.05. The Labute approximate surface area is 143 Å². The highest BCUT2D eigenvalue weighted by atomic mass is 79.9. The summed E-state index contributed by atoms with van der Waals surface area (Å²) in [4.78, 5) is 28.4. The molecule has 2 aromatic rings. The van der Waals surface area contributed by atoms with Crippen molar-refractivity contribution in [1.29, 1.82) is 5.26 Å². The van der Waals surface area contributed by atoms with E-state index < -0.39 is 17.2 Å². The molecule has 0 bridgehead atoms. The second-order valence-electron chi connectivity index (χ2n) is 4.96. The van der Waals surface area contributed by atoms with E-state index in [1.54, 1.807) is 18.2 Å². The average molecular weight is 391 g/mol. The molecule has 1 atom stereocenters. The lowest BCUT2D eigenvalue weighted by molar-refractivity contribution is 0.369. The third-order valence-corrected chi connectivity index (χ3v) is 4.11. The van der Waals surface area contributed by atoms with Gasteiger partial charge in [-0.25, -0.2) is 4.79 Å². The van der Waals surface area contributed by atoms with Crippen molar-refractivity contribution in [2.24, 2.45) is 5.73 Å². The molecule has 0 unspecified atom stereocenters. The maximum absolute atomic E-state index is 12.3. The number of H-pyrrole nitrogens is 2. The number of aromatic nitrogens is 2. The van der Waals surface area contributed by atoms with Crippen molar-refractivity contribution in [3.63, 3.8) is 0 Å². The highest BCUT2D eigenvalue weighted by molar-refractivity contribution is 9.10. The number of aromatic amines is 2. The van der Waals surface area contributed by atoms with Crippen molar-refractivity contribution in [2.45, 2.75) is 5.92 Å². The van der Waals surface area contributed by atoms with Crippen LogP contribution in [-0.2, 0) is 0 Å². The molecular weight excluding hydrogens is 380 g/mol. The third-order valence-electron chi connectivity index (χ3n) is 3.62. The maximum atomic E-state index is 12.3. The summed E-state index contributed by atoms with van der Waals surface area (Å²) in [6.45, 7) is 0. The first-order chi connectivity index (χ1) is 11.5. The van der Waals surface area contributed by atoms with Crippen LogP contribution in [0.2, 0.25) is 0 Å². The molecule has 2 heterocycles. The zero-order chi connectivity index (χ0) is 17.4. The fourth-order valence-electron chi connectivity index (χ4n) is 2.63. The molecule has 0 radical (unpaired) electrons. The first kappa shape index (κ1) is 15.9. The second kappa shape index (κ2) is 5.90. The maximum Gasteiger partial charge on any atom is 0.328 e. The van der Waals surface area contributed by atoms with Crippen molar-refractivity contribution in [3.8, 4) is 17.7 Å². The number of nitrogens with two attached hydrogens (primary N) is 1. The Morgan fingerprint density at radius 2 is 2.12 bits per heavy atom. The van der Waals surface area contributed by atoms with E-state index in [1.165, 1.54) is 7.11 Å². The molecule has 3 rings (SSSR count). The highest BCUT2D eigenvalue weighted by Gasteiger charge is 2.35. The fraction of sp³-hybridized carbons (Fsp3) is 0.133. The Morgan fingerprint density at radius 3 is 2.79 bits per heavy atom. The van der Waals surface area contributed by atoms with Crippen LogP contribution in [0, 0.1) is 11.3 Å². The minimum atomic E-state index is -0.841. The van der Waals surface area contributed by atoms with Crippen molar-refractivity contribution in [2.75, 3.05) is 7.11 Å². The van der Waals surface area contributed by atoms with E-state index in [0.717, 1.165) is 4.47 Å². The van der Waals surface area contributed by atoms with Crippen LogP contribution in [0.4, 0.5) is 0 Å². The lowest BCUT2D eigenvalue weighted by Gasteiger charge is -2.25. The third kappa shape index (κ3) is 2.47. The standard InChI is InChI=1S/C15H11BrN4O4/c1-23-9-3-2-6(16)4-7(9)10-8(5-17)12(18)24-14-11(10)13(21)19-15(22)20-14/h2-4,10H,18H2,1H3,(H2,19,20,21,22)/t10-/m0/s1. The summed E-state index contributed by atoms with van der Waals surface area (Å²) in [6.07, 6.45) is 0. The molecule has 0 saturated carbocycles. The summed E-state index contributed by atoms with van der Waals surface area (Å²) in [5.41, 5.74) is 5.08. The first-order valence-corrected chi connectivity index (χ1v) is 7.53. The number of fused-ring (bicyclic) bond motifs is 1. The van der Waals surface area contributed by atoms with E-state index in [0.29, 0.717) is 11.3 Å². The minimum Gasteiger partial charge on any atom is -0.496 e. The topological polar surface area (TPSA) is 134 Å². The van der Waals surface area contributed by atoms with Gasteiger partial charge in [0.2, 0.25) is 11.8 Å². The van der Waals surface area contributed by atoms with E-state index in [1.807, 2.05) is 6.07 Å². The molecule has 1 aliphatic rings. The lowest BCUT2D eigenvalue weighted by atomic mass is 9.84. The molecule has 0 amide bonds. The summed E-state index contributed by atoms with van der Waals surface area (Å²) < 4.78 is 11.3. The number of nitrogens with one attached hydrogen (secondary N) is 2.